The topological polar surface area (TPSA) is 83.2 Å². The van der Waals surface area contributed by atoms with Crippen molar-refractivity contribution in [2.75, 3.05) is 31.1 Å². The third-order valence-electron chi connectivity index (χ3n) is 5.85. The molecule has 2 heterocycles. The van der Waals surface area contributed by atoms with Crippen LogP contribution in [0.5, 0.6) is 0 Å². The van der Waals surface area contributed by atoms with Gasteiger partial charge in [0.05, 0.1) is 24.8 Å². The fourth-order valence-corrected chi connectivity index (χ4v) is 4.40. The number of halogens is 2. The van der Waals surface area contributed by atoms with Crippen LogP contribution < -0.4 is 10.2 Å². The van der Waals surface area contributed by atoms with Crippen LogP contribution in [0.15, 0.2) is 18.2 Å². The summed E-state index contributed by atoms with van der Waals surface area (Å²) in [5.74, 6) is -0.0844. The second kappa shape index (κ2) is 6.79. The highest BCUT2D eigenvalue weighted by atomic mass is 19.1. The predicted molar refractivity (Wildman–Crippen MR) is 92.7 cm³/mol. The lowest BCUT2D eigenvalue weighted by Crippen LogP contribution is -2.43. The lowest BCUT2D eigenvalue weighted by Gasteiger charge is -2.24. The zero-order valence-electron chi connectivity index (χ0n) is 14.6. The van der Waals surface area contributed by atoms with E-state index in [-0.39, 0.29) is 37.0 Å². The first kappa shape index (κ1) is 17.7. The monoisotopic (exact) mass is 371 g/mol. The van der Waals surface area contributed by atoms with E-state index in [1.807, 2.05) is 17.0 Å². The summed E-state index contributed by atoms with van der Waals surface area (Å²) in [5, 5.41) is 21.4. The molecule has 1 unspecified atom stereocenters. The van der Waals surface area contributed by atoms with Crippen molar-refractivity contribution in [3.8, 4) is 12.1 Å². The van der Waals surface area contributed by atoms with E-state index in [2.05, 4.69) is 5.32 Å². The Morgan fingerprint density at radius 1 is 1.26 bits per heavy atom. The fourth-order valence-electron chi connectivity index (χ4n) is 4.40. The summed E-state index contributed by atoms with van der Waals surface area (Å²) in [7, 11) is 0. The van der Waals surface area contributed by atoms with Crippen LogP contribution in [-0.4, -0.2) is 55.2 Å². The van der Waals surface area contributed by atoms with E-state index in [1.54, 1.807) is 12.1 Å². The van der Waals surface area contributed by atoms with Crippen molar-refractivity contribution in [2.45, 2.75) is 24.7 Å². The number of likely N-dealkylation sites (tertiary alicyclic amines) is 1. The standard InChI is InChI=1S/C19H19F2N5O/c20-11-4-12(5-22)26(8-11)18(27)7-24-19-14-9-25(10-15(14)19)17-3-1-2-16(21)13(17)6-23/h1-3,11-12,14-15,19,24H,4,7-10H2/t11-,12-,14-,15+,19?/m0/s1. The Morgan fingerprint density at radius 2 is 2.00 bits per heavy atom. The first-order valence-corrected chi connectivity index (χ1v) is 9.03. The van der Waals surface area contributed by atoms with Gasteiger partial charge < -0.3 is 15.1 Å². The van der Waals surface area contributed by atoms with E-state index < -0.39 is 18.0 Å². The molecule has 0 aromatic heterocycles. The molecule has 1 aromatic carbocycles. The minimum Gasteiger partial charge on any atom is -0.370 e. The average molecular weight is 371 g/mol. The number of hydrogen-bond donors (Lipinski definition) is 1. The Bertz CT molecular complexity index is 835. The lowest BCUT2D eigenvalue weighted by molar-refractivity contribution is -0.130. The Hall–Kier alpha value is -2.71. The normalized spacial score (nSPS) is 31.3. The highest BCUT2D eigenvalue weighted by molar-refractivity contribution is 5.79. The van der Waals surface area contributed by atoms with Crippen LogP contribution in [-0.2, 0) is 4.79 Å². The maximum absolute atomic E-state index is 13.8. The van der Waals surface area contributed by atoms with E-state index in [1.165, 1.54) is 11.0 Å². The summed E-state index contributed by atoms with van der Waals surface area (Å²) < 4.78 is 27.2. The number of carbonyl (C=O) groups is 1. The van der Waals surface area contributed by atoms with Crippen LogP contribution in [0.1, 0.15) is 12.0 Å². The van der Waals surface area contributed by atoms with Crippen LogP contribution in [0.4, 0.5) is 14.5 Å². The Balaban J connectivity index is 1.30. The minimum absolute atomic E-state index is 0.0133. The maximum Gasteiger partial charge on any atom is 0.237 e. The molecule has 1 aromatic rings. The summed E-state index contributed by atoms with van der Waals surface area (Å²) >= 11 is 0. The second-order valence-corrected chi connectivity index (χ2v) is 7.41. The van der Waals surface area contributed by atoms with Crippen molar-refractivity contribution in [2.24, 2.45) is 11.8 Å². The molecule has 8 heteroatoms. The quantitative estimate of drug-likeness (QED) is 0.860. The number of hydrogen-bond acceptors (Lipinski definition) is 5. The molecule has 1 amide bonds. The number of nitrogens with one attached hydrogen (secondary N) is 1. The van der Waals surface area contributed by atoms with Crippen molar-refractivity contribution in [3.05, 3.63) is 29.6 Å². The molecule has 3 aliphatic rings. The number of rotatable bonds is 4. The third kappa shape index (κ3) is 3.11. The zero-order valence-corrected chi connectivity index (χ0v) is 14.6. The van der Waals surface area contributed by atoms with E-state index in [4.69, 9.17) is 5.26 Å². The summed E-state index contributed by atoms with van der Waals surface area (Å²) in [6, 6.07) is 8.05. The van der Waals surface area contributed by atoms with Gasteiger partial charge in [-0.3, -0.25) is 4.79 Å². The first-order valence-electron chi connectivity index (χ1n) is 9.03. The van der Waals surface area contributed by atoms with E-state index in [9.17, 15) is 18.8 Å². The molecule has 27 heavy (non-hydrogen) atoms. The van der Waals surface area contributed by atoms with Crippen LogP contribution in [0.25, 0.3) is 0 Å². The van der Waals surface area contributed by atoms with Gasteiger partial charge in [0.1, 0.15) is 29.7 Å². The van der Waals surface area contributed by atoms with Gasteiger partial charge in [-0.05, 0) is 24.0 Å². The molecular formula is C19H19F2N5O. The molecule has 1 N–H and O–H groups in total. The van der Waals surface area contributed by atoms with Crippen LogP contribution in [0.2, 0.25) is 0 Å². The number of carbonyl (C=O) groups excluding carboxylic acids is 1. The van der Waals surface area contributed by atoms with Crippen molar-refractivity contribution >= 4 is 11.6 Å². The molecule has 2 saturated heterocycles. The Morgan fingerprint density at radius 3 is 2.67 bits per heavy atom. The van der Waals surface area contributed by atoms with Crippen LogP contribution in [0, 0.1) is 40.3 Å². The van der Waals surface area contributed by atoms with Gasteiger partial charge in [0.25, 0.3) is 0 Å². The molecule has 4 rings (SSSR count). The first-order chi connectivity index (χ1) is 13.0. The highest BCUT2D eigenvalue weighted by Gasteiger charge is 2.56. The zero-order chi connectivity index (χ0) is 19.1. The van der Waals surface area contributed by atoms with E-state index in [0.29, 0.717) is 30.6 Å². The largest absolute Gasteiger partial charge is 0.370 e. The summed E-state index contributed by atoms with van der Waals surface area (Å²) in [6.07, 6.45) is -1.05. The van der Waals surface area contributed by atoms with Crippen molar-refractivity contribution < 1.29 is 13.6 Å². The molecule has 6 nitrogen and oxygen atoms in total. The number of amides is 1. The van der Waals surface area contributed by atoms with E-state index in [0.717, 1.165) is 0 Å². The third-order valence-corrected chi connectivity index (χ3v) is 5.85. The van der Waals surface area contributed by atoms with Crippen molar-refractivity contribution in [3.63, 3.8) is 0 Å². The maximum atomic E-state index is 13.8. The molecule has 0 bridgehead atoms. The molecule has 3 fully saturated rings. The highest BCUT2D eigenvalue weighted by Crippen LogP contribution is 2.47. The number of alkyl halides is 1. The number of anilines is 1. The minimum atomic E-state index is -1.13. The van der Waals surface area contributed by atoms with Gasteiger partial charge in [0.2, 0.25) is 5.91 Å². The number of nitriles is 2. The van der Waals surface area contributed by atoms with Crippen molar-refractivity contribution in [1.82, 2.24) is 10.2 Å². The van der Waals surface area contributed by atoms with Gasteiger partial charge in [0, 0.05) is 25.6 Å². The van der Waals surface area contributed by atoms with Gasteiger partial charge >= 0.3 is 0 Å². The molecule has 5 atom stereocenters. The van der Waals surface area contributed by atoms with E-state index >= 15 is 0 Å². The summed E-state index contributed by atoms with van der Waals surface area (Å²) in [5.41, 5.74) is 0.679. The molecule has 1 saturated carbocycles. The predicted octanol–water partition coefficient (Wildman–Crippen LogP) is 1.18. The number of fused-ring (bicyclic) bond motifs is 1. The summed E-state index contributed by atoms with van der Waals surface area (Å²) in [6.45, 7) is 1.48. The number of nitrogens with zero attached hydrogens (tertiary/aromatic N) is 4. The number of benzene rings is 1. The molecule has 140 valence electrons. The molecule has 2 aliphatic heterocycles. The van der Waals surface area contributed by atoms with Crippen LogP contribution in [0.3, 0.4) is 0 Å². The van der Waals surface area contributed by atoms with Gasteiger partial charge in [-0.25, -0.2) is 8.78 Å². The molecule has 0 spiro atoms. The summed E-state index contributed by atoms with van der Waals surface area (Å²) in [4.78, 5) is 15.6. The Labute approximate surface area is 156 Å². The van der Waals surface area contributed by atoms with Crippen molar-refractivity contribution in [1.29, 1.82) is 10.5 Å². The average Bonchev–Trinajstić information content (AvgIpc) is 2.99. The van der Waals surface area contributed by atoms with Gasteiger partial charge in [0.15, 0.2) is 0 Å². The smallest absolute Gasteiger partial charge is 0.237 e. The SMILES string of the molecule is N#Cc1c(F)cccc1N1C[C@@H]2C(NCC(=O)N3C[C@@H](F)C[C@H]3C#N)[C@@H]2C1. The lowest BCUT2D eigenvalue weighted by atomic mass is 10.1. The number of piperidine rings is 1. The molecular weight excluding hydrogens is 352 g/mol. The van der Waals surface area contributed by atoms with Gasteiger partial charge in [-0.15, -0.1) is 0 Å². The van der Waals surface area contributed by atoms with Gasteiger partial charge in [-0.1, -0.05) is 6.07 Å². The fraction of sp³-hybridized carbons (Fsp3) is 0.526. The van der Waals surface area contributed by atoms with Gasteiger partial charge in [-0.2, -0.15) is 10.5 Å². The molecule has 0 radical (unpaired) electrons. The van der Waals surface area contributed by atoms with Crippen LogP contribution >= 0.6 is 0 Å². The Kier molecular flexibility index (Phi) is 4.45. The second-order valence-electron chi connectivity index (χ2n) is 7.41. The molecule has 1 aliphatic carbocycles.